The maximum absolute atomic E-state index is 16.5. The molecule has 0 spiro atoms. The number of oxazole rings is 1. The number of hydrogen-bond acceptors (Lipinski definition) is 7. The van der Waals surface area contributed by atoms with Gasteiger partial charge in [-0.25, -0.2) is 9.37 Å². The van der Waals surface area contributed by atoms with Gasteiger partial charge in [-0.15, -0.1) is 0 Å². The highest BCUT2D eigenvalue weighted by Crippen LogP contribution is 2.48. The first-order valence-corrected chi connectivity index (χ1v) is 15.4. The second kappa shape index (κ2) is 14.5. The van der Waals surface area contributed by atoms with Crippen molar-refractivity contribution in [2.75, 3.05) is 33.4 Å². The first-order chi connectivity index (χ1) is 21.8. The Bertz CT molecular complexity index is 1750. The van der Waals surface area contributed by atoms with Crippen molar-refractivity contribution in [3.8, 4) is 5.75 Å². The van der Waals surface area contributed by atoms with Crippen LogP contribution in [-0.2, 0) is 18.5 Å². The highest BCUT2D eigenvalue weighted by molar-refractivity contribution is 6.34. The molecule has 0 radical (unpaired) electrons. The summed E-state index contributed by atoms with van der Waals surface area (Å²) < 4.78 is 28.5. The monoisotopic (exact) mass is 631 g/mol. The maximum atomic E-state index is 16.5. The van der Waals surface area contributed by atoms with E-state index in [9.17, 15) is 0 Å². The molecule has 0 aliphatic heterocycles. The van der Waals surface area contributed by atoms with Crippen molar-refractivity contribution in [3.05, 3.63) is 118 Å². The van der Waals surface area contributed by atoms with Gasteiger partial charge in [0.25, 0.3) is 0 Å². The van der Waals surface area contributed by atoms with Gasteiger partial charge in [-0.05, 0) is 53.5 Å². The minimum atomic E-state index is -1.09. The number of rotatable bonds is 13. The number of allylic oxidation sites excluding steroid dienone is 5. The number of hydrogen-bond donors (Lipinski definition) is 4. The first kappa shape index (κ1) is 32.6. The van der Waals surface area contributed by atoms with Crippen LogP contribution in [0.4, 0.5) is 4.39 Å². The van der Waals surface area contributed by atoms with Gasteiger partial charge in [0.05, 0.1) is 30.8 Å². The lowest BCUT2D eigenvalue weighted by atomic mass is 9.67. The first-order valence-electron chi connectivity index (χ1n) is 15.0. The SMILES string of the molecule is COc1cc(/C(F)=C/C2(c3nc4cc(CNCCO)cc(Cl)c4o3)C=CC=C(c3ccccc3C)C2C)ccc1CNCCO. The molecular formula is C36H39ClFN3O4. The van der Waals surface area contributed by atoms with E-state index >= 15 is 4.39 Å². The number of benzene rings is 3. The topological polar surface area (TPSA) is 99.8 Å². The zero-order valence-electron chi connectivity index (χ0n) is 25.7. The fourth-order valence-corrected chi connectivity index (χ4v) is 6.12. The van der Waals surface area contributed by atoms with Gasteiger partial charge in [0.2, 0.25) is 5.89 Å². The number of nitrogens with one attached hydrogen (secondary N) is 2. The molecule has 1 aromatic heterocycles. The Kier molecular flexibility index (Phi) is 10.5. The normalized spacial score (nSPS) is 18.4. The molecule has 1 aliphatic rings. The van der Waals surface area contributed by atoms with Gasteiger partial charge in [0.1, 0.15) is 17.1 Å². The van der Waals surface area contributed by atoms with Crippen LogP contribution in [-0.4, -0.2) is 48.6 Å². The van der Waals surface area contributed by atoms with E-state index in [0.717, 1.165) is 27.8 Å². The summed E-state index contributed by atoms with van der Waals surface area (Å²) in [4.78, 5) is 4.92. The van der Waals surface area contributed by atoms with E-state index in [1.807, 2.05) is 42.5 Å². The Hall–Kier alpha value is -3.79. The Morgan fingerprint density at radius 1 is 1.09 bits per heavy atom. The third kappa shape index (κ3) is 6.90. The second-order valence-electron chi connectivity index (χ2n) is 11.2. The largest absolute Gasteiger partial charge is 0.496 e. The van der Waals surface area contributed by atoms with Crippen molar-refractivity contribution in [2.45, 2.75) is 32.4 Å². The second-order valence-corrected chi connectivity index (χ2v) is 11.6. The van der Waals surface area contributed by atoms with Gasteiger partial charge < -0.3 is 30.0 Å². The molecule has 7 nitrogen and oxygen atoms in total. The summed E-state index contributed by atoms with van der Waals surface area (Å²) in [7, 11) is 1.55. The van der Waals surface area contributed by atoms with E-state index in [1.165, 1.54) is 0 Å². The molecular weight excluding hydrogens is 593 g/mol. The number of ether oxygens (including phenoxy) is 1. The number of aliphatic hydroxyl groups is 2. The predicted octanol–water partition coefficient (Wildman–Crippen LogP) is 6.50. The lowest BCUT2D eigenvalue weighted by Gasteiger charge is -2.35. The summed E-state index contributed by atoms with van der Waals surface area (Å²) in [5.41, 5.74) is 5.22. The molecule has 0 saturated heterocycles. The lowest BCUT2D eigenvalue weighted by Crippen LogP contribution is -2.33. The third-order valence-corrected chi connectivity index (χ3v) is 8.59. The van der Waals surface area contributed by atoms with Crippen molar-refractivity contribution in [1.82, 2.24) is 15.6 Å². The van der Waals surface area contributed by atoms with Crippen LogP contribution in [0, 0.1) is 12.8 Å². The number of aliphatic hydroxyl groups excluding tert-OH is 2. The van der Waals surface area contributed by atoms with Crippen LogP contribution < -0.4 is 15.4 Å². The van der Waals surface area contributed by atoms with Crippen LogP contribution in [0.3, 0.4) is 0 Å². The highest BCUT2D eigenvalue weighted by atomic mass is 35.5. The zero-order valence-corrected chi connectivity index (χ0v) is 26.5. The average molecular weight is 632 g/mol. The van der Waals surface area contributed by atoms with Gasteiger partial charge in [-0.1, -0.05) is 73.2 Å². The fraction of sp³-hybridized carbons (Fsp3) is 0.306. The average Bonchev–Trinajstić information content (AvgIpc) is 3.48. The van der Waals surface area contributed by atoms with E-state index in [2.05, 4.69) is 42.7 Å². The van der Waals surface area contributed by atoms with Gasteiger partial charge >= 0.3 is 0 Å². The molecule has 3 aromatic carbocycles. The number of aromatic nitrogens is 1. The van der Waals surface area contributed by atoms with Crippen molar-refractivity contribution in [1.29, 1.82) is 0 Å². The van der Waals surface area contributed by atoms with Gasteiger partial charge in [0.15, 0.2) is 5.58 Å². The van der Waals surface area contributed by atoms with Crippen molar-refractivity contribution >= 4 is 34.1 Å². The molecule has 1 heterocycles. The van der Waals surface area contributed by atoms with Crippen LogP contribution in [0.2, 0.25) is 5.02 Å². The molecule has 4 aromatic rings. The maximum Gasteiger partial charge on any atom is 0.210 e. The van der Waals surface area contributed by atoms with Crippen LogP contribution in [0.5, 0.6) is 5.75 Å². The third-order valence-electron chi connectivity index (χ3n) is 8.31. The summed E-state index contributed by atoms with van der Waals surface area (Å²) >= 11 is 6.69. The zero-order chi connectivity index (χ0) is 32.0. The molecule has 9 heteroatoms. The predicted molar refractivity (Wildman–Crippen MR) is 178 cm³/mol. The van der Waals surface area contributed by atoms with Crippen molar-refractivity contribution < 1.29 is 23.8 Å². The molecule has 5 rings (SSSR count). The molecule has 0 bridgehead atoms. The number of methoxy groups -OCH3 is 1. The quantitative estimate of drug-likeness (QED) is 0.125. The molecule has 45 heavy (non-hydrogen) atoms. The Morgan fingerprint density at radius 3 is 2.58 bits per heavy atom. The Morgan fingerprint density at radius 2 is 1.84 bits per heavy atom. The van der Waals surface area contributed by atoms with Crippen LogP contribution in [0.1, 0.15) is 40.6 Å². The van der Waals surface area contributed by atoms with E-state index in [-0.39, 0.29) is 19.1 Å². The minimum Gasteiger partial charge on any atom is -0.496 e. The molecule has 0 saturated carbocycles. The van der Waals surface area contributed by atoms with Crippen LogP contribution in [0.15, 0.2) is 83.3 Å². The summed E-state index contributed by atoms with van der Waals surface area (Å²) in [6.45, 7) is 6.05. The van der Waals surface area contributed by atoms with Crippen molar-refractivity contribution in [2.24, 2.45) is 5.92 Å². The Balaban J connectivity index is 1.62. The van der Waals surface area contributed by atoms with Gasteiger partial charge in [-0.2, -0.15) is 0 Å². The number of fused-ring (bicyclic) bond motifs is 1. The highest BCUT2D eigenvalue weighted by Gasteiger charge is 2.43. The molecule has 4 N–H and O–H groups in total. The molecule has 0 fully saturated rings. The smallest absolute Gasteiger partial charge is 0.210 e. The van der Waals surface area contributed by atoms with E-state index in [1.54, 1.807) is 25.3 Å². The summed E-state index contributed by atoms with van der Waals surface area (Å²) in [5.74, 6) is 0.151. The van der Waals surface area contributed by atoms with Crippen LogP contribution in [0.25, 0.3) is 22.5 Å². The standard InChI is InChI=1S/C36H39ClFN3O4/c1-23-7-4-5-8-28(23)29-9-6-12-36(24(29)2,20-31(38)26-10-11-27(22-40-14-16-43)33(19-26)44-3)35-41-32-18-25(21-39-13-15-42)17-30(37)34(32)45-35/h4-12,17-20,24,39-40,42-43H,13-16,21-22H2,1-3H3/b31-20-. The Labute approximate surface area is 268 Å². The number of halogens is 2. The van der Waals surface area contributed by atoms with E-state index in [4.69, 9.17) is 36.0 Å². The fourth-order valence-electron chi connectivity index (χ4n) is 5.85. The van der Waals surface area contributed by atoms with Gasteiger partial charge in [-0.3, -0.25) is 0 Å². The van der Waals surface area contributed by atoms with Crippen molar-refractivity contribution in [3.63, 3.8) is 0 Å². The summed E-state index contributed by atoms with van der Waals surface area (Å²) in [6.07, 6.45) is 7.52. The minimum absolute atomic E-state index is 0.0213. The molecule has 2 atom stereocenters. The summed E-state index contributed by atoms with van der Waals surface area (Å²) in [5, 5.41) is 25.0. The molecule has 0 amide bonds. The molecule has 1 aliphatic carbocycles. The van der Waals surface area contributed by atoms with Gasteiger partial charge in [0, 0.05) is 43.2 Å². The van der Waals surface area contributed by atoms with E-state index in [0.29, 0.717) is 59.5 Å². The molecule has 236 valence electrons. The molecule has 2 unspecified atom stereocenters. The number of nitrogens with zero attached hydrogens (tertiary/aromatic N) is 1. The van der Waals surface area contributed by atoms with E-state index < -0.39 is 11.2 Å². The number of aryl methyl sites for hydroxylation is 1. The summed E-state index contributed by atoms with van der Waals surface area (Å²) in [6, 6.07) is 17.1. The van der Waals surface area contributed by atoms with Crippen LogP contribution >= 0.6 is 11.6 Å². The lowest BCUT2D eigenvalue weighted by molar-refractivity contribution is 0.291.